The Kier molecular flexibility index (Phi) is 5.97. The third-order valence-corrected chi connectivity index (χ3v) is 6.14. The molecule has 0 aliphatic carbocycles. The Balaban J connectivity index is 1.79. The lowest BCUT2D eigenvalue weighted by atomic mass is 9.79. The Bertz CT molecular complexity index is 742. The van der Waals surface area contributed by atoms with Gasteiger partial charge in [-0.1, -0.05) is 48.5 Å². The number of benzene rings is 2. The maximum Gasteiger partial charge on any atom is 0.238 e. The quantitative estimate of drug-likeness (QED) is 0.719. The maximum atomic E-state index is 13.3. The first kappa shape index (κ1) is 20.0. The molecule has 1 unspecified atom stereocenters. The van der Waals surface area contributed by atoms with Crippen LogP contribution < -0.4 is 10.6 Å². The molecule has 1 saturated heterocycles. The molecule has 1 amide bonds. The molecule has 3 rings (SSSR count). The van der Waals surface area contributed by atoms with Crippen molar-refractivity contribution >= 4 is 17.7 Å². The molecule has 2 aromatic rings. The molecule has 2 N–H and O–H groups in total. The highest BCUT2D eigenvalue weighted by Gasteiger charge is 2.39. The molecule has 27 heavy (non-hydrogen) atoms. The molecule has 3 nitrogen and oxygen atoms in total. The fourth-order valence-electron chi connectivity index (χ4n) is 4.24. The molecule has 1 heterocycles. The van der Waals surface area contributed by atoms with Crippen molar-refractivity contribution in [2.24, 2.45) is 0 Å². The fourth-order valence-corrected chi connectivity index (χ4v) is 5.29. The summed E-state index contributed by atoms with van der Waals surface area (Å²) in [7, 11) is 0. The fraction of sp³-hybridized carbons (Fsp3) is 0.435. The van der Waals surface area contributed by atoms with E-state index >= 15 is 0 Å². The Morgan fingerprint density at radius 2 is 1.48 bits per heavy atom. The van der Waals surface area contributed by atoms with E-state index in [-0.39, 0.29) is 28.3 Å². The minimum Gasteiger partial charge on any atom is -0.352 e. The lowest BCUT2D eigenvalue weighted by Crippen LogP contribution is -2.62. The number of amides is 1. The second-order valence-electron chi connectivity index (χ2n) is 8.73. The van der Waals surface area contributed by atoms with Crippen LogP contribution >= 0.6 is 11.8 Å². The van der Waals surface area contributed by atoms with Crippen molar-refractivity contribution in [1.29, 1.82) is 0 Å². The summed E-state index contributed by atoms with van der Waals surface area (Å²) in [5, 5.41) is 6.77. The van der Waals surface area contributed by atoms with E-state index in [0.717, 1.165) is 23.3 Å². The van der Waals surface area contributed by atoms with Crippen LogP contribution in [-0.2, 0) is 4.79 Å². The first-order valence-electron chi connectivity index (χ1n) is 9.60. The number of hydrogen-bond acceptors (Lipinski definition) is 3. The second kappa shape index (κ2) is 8.07. The van der Waals surface area contributed by atoms with E-state index in [1.54, 1.807) is 11.8 Å². The highest BCUT2D eigenvalue weighted by atomic mass is 32.2. The van der Waals surface area contributed by atoms with E-state index in [4.69, 9.17) is 0 Å². The smallest absolute Gasteiger partial charge is 0.238 e. The van der Waals surface area contributed by atoms with Crippen LogP contribution in [0.2, 0.25) is 0 Å². The standard InChI is InChI=1S/C23H30N2OS/c1-22(2)15-18(16-23(3,4)25-22)24-21(26)20(17-11-7-5-8-12-17)27-19-13-9-6-10-14-19/h5-14,18,20,25H,15-16H2,1-4H3,(H,24,26). The van der Waals surface area contributed by atoms with Crippen LogP contribution in [0.4, 0.5) is 0 Å². The van der Waals surface area contributed by atoms with Crippen LogP contribution in [0.15, 0.2) is 65.6 Å². The van der Waals surface area contributed by atoms with Gasteiger partial charge in [0.25, 0.3) is 0 Å². The van der Waals surface area contributed by atoms with Gasteiger partial charge in [0.15, 0.2) is 0 Å². The van der Waals surface area contributed by atoms with Crippen LogP contribution in [0.25, 0.3) is 0 Å². The Morgan fingerprint density at radius 3 is 2.04 bits per heavy atom. The third kappa shape index (κ3) is 5.60. The Morgan fingerprint density at radius 1 is 0.963 bits per heavy atom. The molecule has 1 aliphatic heterocycles. The molecule has 0 radical (unpaired) electrons. The first-order chi connectivity index (χ1) is 12.7. The number of carbonyl (C=O) groups excluding carboxylic acids is 1. The van der Waals surface area contributed by atoms with Crippen molar-refractivity contribution in [2.75, 3.05) is 0 Å². The second-order valence-corrected chi connectivity index (χ2v) is 9.91. The van der Waals surface area contributed by atoms with Crippen LogP contribution in [-0.4, -0.2) is 23.0 Å². The Labute approximate surface area is 167 Å². The zero-order valence-electron chi connectivity index (χ0n) is 16.7. The molecular formula is C23H30N2OS. The summed E-state index contributed by atoms with van der Waals surface area (Å²) in [6.07, 6.45) is 1.86. The van der Waals surface area contributed by atoms with Gasteiger partial charge in [-0.25, -0.2) is 0 Å². The molecule has 0 bridgehead atoms. The number of carbonyl (C=O) groups is 1. The minimum atomic E-state index is -0.255. The van der Waals surface area contributed by atoms with E-state index < -0.39 is 0 Å². The number of thioether (sulfide) groups is 1. The number of rotatable bonds is 5. The van der Waals surface area contributed by atoms with E-state index in [2.05, 4.69) is 50.5 Å². The summed E-state index contributed by atoms with van der Waals surface area (Å²) < 4.78 is 0. The molecule has 0 aromatic heterocycles. The number of piperidine rings is 1. The molecule has 2 aromatic carbocycles. The highest BCUT2D eigenvalue weighted by Crippen LogP contribution is 2.36. The van der Waals surface area contributed by atoms with E-state index in [1.807, 2.05) is 48.5 Å². The SMILES string of the molecule is CC1(C)CC(NC(=O)C(Sc2ccccc2)c2ccccc2)CC(C)(C)N1. The summed E-state index contributed by atoms with van der Waals surface area (Å²) in [5.74, 6) is 0.0913. The average Bonchev–Trinajstić information content (AvgIpc) is 2.58. The zero-order valence-corrected chi connectivity index (χ0v) is 17.5. The molecule has 1 aliphatic rings. The molecule has 144 valence electrons. The summed E-state index contributed by atoms with van der Waals surface area (Å²) in [4.78, 5) is 14.4. The van der Waals surface area contributed by atoms with Gasteiger partial charge in [-0.3, -0.25) is 4.79 Å². The monoisotopic (exact) mass is 382 g/mol. The zero-order chi connectivity index (χ0) is 19.5. The van der Waals surface area contributed by atoms with Crippen LogP contribution in [0.5, 0.6) is 0 Å². The van der Waals surface area contributed by atoms with Gasteiger partial charge in [0.1, 0.15) is 5.25 Å². The van der Waals surface area contributed by atoms with Gasteiger partial charge in [-0.2, -0.15) is 0 Å². The molecule has 0 saturated carbocycles. The third-order valence-electron chi connectivity index (χ3n) is 4.87. The van der Waals surface area contributed by atoms with Crippen molar-refractivity contribution in [3.63, 3.8) is 0 Å². The van der Waals surface area contributed by atoms with Gasteiger partial charge in [0, 0.05) is 22.0 Å². The predicted molar refractivity (Wildman–Crippen MR) is 114 cm³/mol. The van der Waals surface area contributed by atoms with Crippen LogP contribution in [0, 0.1) is 0 Å². The number of hydrogen-bond donors (Lipinski definition) is 2. The molecule has 1 fully saturated rings. The van der Waals surface area contributed by atoms with Crippen molar-refractivity contribution in [2.45, 2.75) is 67.8 Å². The van der Waals surface area contributed by atoms with Gasteiger partial charge in [0.2, 0.25) is 5.91 Å². The number of nitrogens with one attached hydrogen (secondary N) is 2. The summed E-state index contributed by atoms with van der Waals surface area (Å²) in [6.45, 7) is 8.84. The van der Waals surface area contributed by atoms with Crippen molar-refractivity contribution in [3.8, 4) is 0 Å². The highest BCUT2D eigenvalue weighted by molar-refractivity contribution is 8.00. The molecule has 4 heteroatoms. The predicted octanol–water partition coefficient (Wildman–Crippen LogP) is 4.95. The van der Waals surface area contributed by atoms with E-state index in [9.17, 15) is 4.79 Å². The average molecular weight is 383 g/mol. The lowest BCUT2D eigenvalue weighted by Gasteiger charge is -2.46. The molecular weight excluding hydrogens is 352 g/mol. The lowest BCUT2D eigenvalue weighted by molar-refractivity contribution is -0.121. The minimum absolute atomic E-state index is 0.00845. The molecule has 0 spiro atoms. The van der Waals surface area contributed by atoms with Crippen LogP contribution in [0.3, 0.4) is 0 Å². The van der Waals surface area contributed by atoms with Crippen molar-refractivity contribution in [1.82, 2.24) is 10.6 Å². The van der Waals surface area contributed by atoms with Gasteiger partial charge in [0.05, 0.1) is 0 Å². The van der Waals surface area contributed by atoms with Crippen molar-refractivity contribution in [3.05, 3.63) is 66.2 Å². The summed E-state index contributed by atoms with van der Waals surface area (Å²) in [5.41, 5.74) is 1.06. The molecule has 1 atom stereocenters. The first-order valence-corrected chi connectivity index (χ1v) is 10.5. The van der Waals surface area contributed by atoms with Crippen molar-refractivity contribution < 1.29 is 4.79 Å². The van der Waals surface area contributed by atoms with Gasteiger partial charge in [-0.05, 0) is 58.2 Å². The maximum absolute atomic E-state index is 13.3. The van der Waals surface area contributed by atoms with Gasteiger partial charge in [-0.15, -0.1) is 11.8 Å². The topological polar surface area (TPSA) is 41.1 Å². The Hall–Kier alpha value is -1.78. The van der Waals surface area contributed by atoms with Crippen LogP contribution in [0.1, 0.15) is 51.3 Å². The largest absolute Gasteiger partial charge is 0.352 e. The van der Waals surface area contributed by atoms with Gasteiger partial charge >= 0.3 is 0 Å². The summed E-state index contributed by atoms with van der Waals surface area (Å²) in [6, 6.07) is 20.4. The van der Waals surface area contributed by atoms with E-state index in [0.29, 0.717) is 0 Å². The van der Waals surface area contributed by atoms with E-state index in [1.165, 1.54) is 0 Å². The normalized spacial score (nSPS) is 20.0. The summed E-state index contributed by atoms with van der Waals surface area (Å²) >= 11 is 1.61. The van der Waals surface area contributed by atoms with Gasteiger partial charge < -0.3 is 10.6 Å².